The molecule has 6 heteroatoms. The summed E-state index contributed by atoms with van der Waals surface area (Å²) in [4.78, 5) is 17.7. The Kier molecular flexibility index (Phi) is 4.28. The second kappa shape index (κ2) is 6.43. The van der Waals surface area contributed by atoms with Crippen LogP contribution >= 0.6 is 23.1 Å². The van der Waals surface area contributed by atoms with Crippen LogP contribution in [0.2, 0.25) is 0 Å². The Morgan fingerprint density at radius 3 is 2.79 bits per heavy atom. The Morgan fingerprint density at radius 1 is 1.29 bits per heavy atom. The topological polar surface area (TPSA) is 44.4 Å². The molecule has 0 bridgehead atoms. The summed E-state index contributed by atoms with van der Waals surface area (Å²) in [6, 6.07) is 8.37. The first kappa shape index (κ1) is 16.0. The van der Waals surface area contributed by atoms with Gasteiger partial charge in [-0.2, -0.15) is 0 Å². The number of nitrogens with zero attached hydrogens (tertiary/aromatic N) is 1. The van der Waals surface area contributed by atoms with Crippen molar-refractivity contribution in [1.82, 2.24) is 10.2 Å². The fourth-order valence-electron chi connectivity index (χ4n) is 3.40. The van der Waals surface area contributed by atoms with Crippen molar-refractivity contribution in [3.05, 3.63) is 45.8 Å². The molecule has 2 aliphatic rings. The van der Waals surface area contributed by atoms with Gasteiger partial charge in [-0.1, -0.05) is 19.1 Å². The Hall–Kier alpha value is -1.50. The predicted molar refractivity (Wildman–Crippen MR) is 101 cm³/mol. The third-order valence-corrected chi connectivity index (χ3v) is 6.70. The van der Waals surface area contributed by atoms with Crippen molar-refractivity contribution in [3.63, 3.8) is 0 Å². The van der Waals surface area contributed by atoms with E-state index in [1.807, 2.05) is 0 Å². The van der Waals surface area contributed by atoms with Gasteiger partial charge >= 0.3 is 0 Å². The molecular formula is C18H21N3OS2. The lowest BCUT2D eigenvalue weighted by Gasteiger charge is -2.28. The number of carbonyl (C=O) groups is 1. The number of rotatable bonds is 3. The molecule has 0 fully saturated rings. The Morgan fingerprint density at radius 2 is 2.08 bits per heavy atom. The average molecular weight is 360 g/mol. The van der Waals surface area contributed by atoms with Crippen LogP contribution in [0.4, 0.5) is 5.00 Å². The summed E-state index contributed by atoms with van der Waals surface area (Å²) in [5, 5.41) is 7.68. The molecule has 126 valence electrons. The van der Waals surface area contributed by atoms with E-state index >= 15 is 0 Å². The molecule has 1 unspecified atom stereocenters. The standard InChI is InChI=1S/C18H21N3OS2/c1-3-21-9-8-13-14(10-21)24-18-15(13)17(22)19-16(20-18)11-4-6-12(23-2)7-5-11/h4-7,16,20H,3,8-10H2,1-2H3,(H,19,22). The molecule has 0 radical (unpaired) electrons. The van der Waals surface area contributed by atoms with Gasteiger partial charge in [-0.15, -0.1) is 23.1 Å². The van der Waals surface area contributed by atoms with Gasteiger partial charge in [0.25, 0.3) is 5.91 Å². The molecule has 3 heterocycles. The fourth-order valence-corrected chi connectivity index (χ4v) is 5.13. The van der Waals surface area contributed by atoms with Gasteiger partial charge in [0.15, 0.2) is 0 Å². The van der Waals surface area contributed by atoms with Crippen LogP contribution in [-0.2, 0) is 13.0 Å². The first-order valence-corrected chi connectivity index (χ1v) is 10.3. The van der Waals surface area contributed by atoms with E-state index in [1.54, 1.807) is 23.1 Å². The maximum atomic E-state index is 12.7. The third kappa shape index (κ3) is 2.72. The van der Waals surface area contributed by atoms with E-state index in [2.05, 4.69) is 53.0 Å². The fraction of sp³-hybridized carbons (Fsp3) is 0.389. The van der Waals surface area contributed by atoms with E-state index in [4.69, 9.17) is 0 Å². The molecule has 2 aliphatic heterocycles. The summed E-state index contributed by atoms with van der Waals surface area (Å²) in [6.45, 7) is 5.26. The van der Waals surface area contributed by atoms with Gasteiger partial charge in [0, 0.05) is 22.9 Å². The number of likely N-dealkylation sites (N-methyl/N-ethyl adjacent to an activating group) is 1. The van der Waals surface area contributed by atoms with Crippen LogP contribution < -0.4 is 10.6 Å². The van der Waals surface area contributed by atoms with Crippen LogP contribution in [0.5, 0.6) is 0 Å². The minimum atomic E-state index is -0.150. The quantitative estimate of drug-likeness (QED) is 0.820. The SMILES string of the molecule is CCN1CCc2c(sc3c2C(=O)NC(c2ccc(SC)cc2)N3)C1. The van der Waals surface area contributed by atoms with Crippen LogP contribution in [-0.4, -0.2) is 30.2 Å². The number of hydrogen-bond acceptors (Lipinski definition) is 5. The van der Waals surface area contributed by atoms with Gasteiger partial charge in [-0.05, 0) is 42.5 Å². The van der Waals surface area contributed by atoms with Gasteiger partial charge in [0.1, 0.15) is 11.2 Å². The van der Waals surface area contributed by atoms with Crippen molar-refractivity contribution < 1.29 is 4.79 Å². The number of thioether (sulfide) groups is 1. The van der Waals surface area contributed by atoms with E-state index in [1.165, 1.54) is 15.3 Å². The van der Waals surface area contributed by atoms with Gasteiger partial charge in [-0.25, -0.2) is 0 Å². The van der Waals surface area contributed by atoms with E-state index < -0.39 is 0 Å². The van der Waals surface area contributed by atoms with E-state index in [0.717, 1.165) is 42.2 Å². The van der Waals surface area contributed by atoms with Crippen LogP contribution in [0, 0.1) is 0 Å². The van der Waals surface area contributed by atoms with Crippen molar-refractivity contribution in [2.75, 3.05) is 24.7 Å². The van der Waals surface area contributed by atoms with E-state index in [0.29, 0.717) is 0 Å². The van der Waals surface area contributed by atoms with Crippen LogP contribution in [0.25, 0.3) is 0 Å². The number of amides is 1. The maximum Gasteiger partial charge on any atom is 0.256 e. The highest BCUT2D eigenvalue weighted by molar-refractivity contribution is 7.98. The summed E-state index contributed by atoms with van der Waals surface area (Å²) in [6.07, 6.45) is 2.89. The molecular weight excluding hydrogens is 338 g/mol. The molecule has 0 spiro atoms. The zero-order valence-electron chi connectivity index (χ0n) is 13.9. The van der Waals surface area contributed by atoms with Crippen molar-refractivity contribution in [2.45, 2.75) is 31.0 Å². The highest BCUT2D eigenvalue weighted by Gasteiger charge is 2.32. The number of benzene rings is 1. The lowest BCUT2D eigenvalue weighted by molar-refractivity contribution is 0.0934. The summed E-state index contributed by atoms with van der Waals surface area (Å²) in [5.74, 6) is 0.0603. The van der Waals surface area contributed by atoms with Crippen LogP contribution in [0.15, 0.2) is 29.2 Å². The minimum absolute atomic E-state index is 0.0603. The van der Waals surface area contributed by atoms with E-state index in [9.17, 15) is 4.79 Å². The molecule has 4 rings (SSSR count). The Bertz CT molecular complexity index is 769. The molecule has 0 saturated carbocycles. The average Bonchev–Trinajstić information content (AvgIpc) is 2.99. The van der Waals surface area contributed by atoms with Crippen molar-refractivity contribution in [2.24, 2.45) is 0 Å². The number of anilines is 1. The predicted octanol–water partition coefficient (Wildman–Crippen LogP) is 3.70. The lowest BCUT2D eigenvalue weighted by Crippen LogP contribution is -2.38. The first-order valence-electron chi connectivity index (χ1n) is 8.28. The number of carbonyl (C=O) groups excluding carboxylic acids is 1. The zero-order valence-corrected chi connectivity index (χ0v) is 15.5. The van der Waals surface area contributed by atoms with Crippen LogP contribution in [0.3, 0.4) is 0 Å². The Balaban J connectivity index is 1.63. The van der Waals surface area contributed by atoms with Gasteiger partial charge in [0.05, 0.1) is 5.56 Å². The first-order chi connectivity index (χ1) is 11.7. The molecule has 2 N–H and O–H groups in total. The minimum Gasteiger partial charge on any atom is -0.353 e. The summed E-state index contributed by atoms with van der Waals surface area (Å²) >= 11 is 3.47. The molecule has 1 aromatic heterocycles. The molecule has 0 saturated heterocycles. The third-order valence-electron chi connectivity index (χ3n) is 4.81. The zero-order chi connectivity index (χ0) is 16.7. The largest absolute Gasteiger partial charge is 0.353 e. The van der Waals surface area contributed by atoms with E-state index in [-0.39, 0.29) is 12.1 Å². The second-order valence-electron chi connectivity index (χ2n) is 6.15. The van der Waals surface area contributed by atoms with Gasteiger partial charge in [0.2, 0.25) is 0 Å². The Labute approximate surface area is 150 Å². The smallest absolute Gasteiger partial charge is 0.256 e. The number of nitrogens with one attached hydrogen (secondary N) is 2. The van der Waals surface area contributed by atoms with Crippen LogP contribution in [0.1, 0.15) is 39.5 Å². The molecule has 2 aromatic rings. The summed E-state index contributed by atoms with van der Waals surface area (Å²) in [5.41, 5.74) is 3.22. The molecule has 24 heavy (non-hydrogen) atoms. The number of hydrogen-bond donors (Lipinski definition) is 2. The maximum absolute atomic E-state index is 12.7. The second-order valence-corrected chi connectivity index (χ2v) is 8.14. The molecule has 1 atom stereocenters. The molecule has 0 aliphatic carbocycles. The molecule has 1 aromatic carbocycles. The monoisotopic (exact) mass is 359 g/mol. The normalized spacial score (nSPS) is 20.1. The highest BCUT2D eigenvalue weighted by atomic mass is 32.2. The van der Waals surface area contributed by atoms with Crippen molar-refractivity contribution in [3.8, 4) is 0 Å². The molecule has 4 nitrogen and oxygen atoms in total. The highest BCUT2D eigenvalue weighted by Crippen LogP contribution is 2.40. The number of thiophene rings is 1. The molecule has 1 amide bonds. The lowest BCUT2D eigenvalue weighted by atomic mass is 10.0. The number of fused-ring (bicyclic) bond motifs is 3. The van der Waals surface area contributed by atoms with Gasteiger partial charge < -0.3 is 10.6 Å². The van der Waals surface area contributed by atoms with Gasteiger partial charge in [-0.3, -0.25) is 9.69 Å². The van der Waals surface area contributed by atoms with Crippen molar-refractivity contribution in [1.29, 1.82) is 0 Å². The van der Waals surface area contributed by atoms with Crippen molar-refractivity contribution >= 4 is 34.0 Å². The summed E-state index contributed by atoms with van der Waals surface area (Å²) in [7, 11) is 0. The summed E-state index contributed by atoms with van der Waals surface area (Å²) < 4.78 is 0.